The topological polar surface area (TPSA) is 59.3 Å². The van der Waals surface area contributed by atoms with Gasteiger partial charge in [0.25, 0.3) is 0 Å². The number of ether oxygens (including phenoxy) is 1. The molecule has 0 radical (unpaired) electrons. The van der Waals surface area contributed by atoms with E-state index in [0.29, 0.717) is 6.04 Å². The fourth-order valence-corrected chi connectivity index (χ4v) is 0.791. The molecule has 0 spiro atoms. The van der Waals surface area contributed by atoms with Gasteiger partial charge in [-0.1, -0.05) is 19.9 Å². The van der Waals surface area contributed by atoms with Crippen LogP contribution in [0.4, 0.5) is 0 Å². The molecular formula is C12H27N3O. The second kappa shape index (κ2) is 16.4. The predicted molar refractivity (Wildman–Crippen MR) is 71.2 cm³/mol. The smallest absolute Gasteiger partial charge is 0.0591 e. The number of nitrogens with one attached hydrogen (secondary N) is 2. The van der Waals surface area contributed by atoms with Gasteiger partial charge >= 0.3 is 0 Å². The molecule has 0 aromatic heterocycles. The summed E-state index contributed by atoms with van der Waals surface area (Å²) in [5.74, 6) is 0. The number of hydrogen-bond acceptors (Lipinski definition) is 4. The summed E-state index contributed by atoms with van der Waals surface area (Å²) in [5.41, 5.74) is 5.05. The molecule has 1 unspecified atom stereocenters. The molecule has 0 aromatic rings. The third-order valence-corrected chi connectivity index (χ3v) is 1.66. The Hall–Kier alpha value is -1.00. The van der Waals surface area contributed by atoms with Crippen molar-refractivity contribution < 1.29 is 4.74 Å². The average molecular weight is 229 g/mol. The van der Waals surface area contributed by atoms with Crippen LogP contribution in [0.1, 0.15) is 20.8 Å². The zero-order valence-corrected chi connectivity index (χ0v) is 10.8. The van der Waals surface area contributed by atoms with Gasteiger partial charge in [-0.15, -0.1) is 6.58 Å². The summed E-state index contributed by atoms with van der Waals surface area (Å²) >= 11 is 0. The minimum absolute atomic E-state index is 0.301. The number of rotatable bonds is 3. The molecule has 1 aliphatic rings. The van der Waals surface area contributed by atoms with Crippen LogP contribution < -0.4 is 16.4 Å². The average Bonchev–Trinajstić information content (AvgIpc) is 2.41. The largest absolute Gasteiger partial charge is 0.403 e. The van der Waals surface area contributed by atoms with Crippen LogP contribution in [-0.4, -0.2) is 32.3 Å². The SMILES string of the molecule is C1COCCN1.C=CC(C)N/C=C\N.CC. The monoisotopic (exact) mass is 229 g/mol. The van der Waals surface area contributed by atoms with Crippen LogP contribution in [0.5, 0.6) is 0 Å². The Morgan fingerprint density at radius 1 is 1.38 bits per heavy atom. The number of nitrogens with two attached hydrogens (primary N) is 1. The van der Waals surface area contributed by atoms with E-state index in [2.05, 4.69) is 17.2 Å². The van der Waals surface area contributed by atoms with Gasteiger partial charge in [-0.2, -0.15) is 0 Å². The summed E-state index contributed by atoms with van der Waals surface area (Å²) in [6.45, 7) is 13.4. The lowest BCUT2D eigenvalue weighted by atomic mass is 10.3. The second-order valence-corrected chi connectivity index (χ2v) is 2.91. The molecule has 16 heavy (non-hydrogen) atoms. The Bertz CT molecular complexity index is 145. The minimum atomic E-state index is 0.301. The normalized spacial score (nSPS) is 16.2. The summed E-state index contributed by atoms with van der Waals surface area (Å²) in [6, 6.07) is 0.301. The van der Waals surface area contributed by atoms with Gasteiger partial charge in [0, 0.05) is 31.5 Å². The molecule has 0 aromatic carbocycles. The highest BCUT2D eigenvalue weighted by molar-refractivity contribution is 4.86. The lowest BCUT2D eigenvalue weighted by Gasteiger charge is -2.10. The van der Waals surface area contributed by atoms with E-state index >= 15 is 0 Å². The maximum atomic E-state index is 5.05. The van der Waals surface area contributed by atoms with Gasteiger partial charge in [-0.3, -0.25) is 0 Å². The van der Waals surface area contributed by atoms with Crippen LogP contribution in [0.2, 0.25) is 0 Å². The van der Waals surface area contributed by atoms with Crippen molar-refractivity contribution in [3.8, 4) is 0 Å². The molecule has 4 nitrogen and oxygen atoms in total. The van der Waals surface area contributed by atoms with E-state index in [1.165, 1.54) is 6.20 Å². The van der Waals surface area contributed by atoms with Crippen molar-refractivity contribution in [3.63, 3.8) is 0 Å². The third kappa shape index (κ3) is 15.5. The number of hydrogen-bond donors (Lipinski definition) is 3. The van der Waals surface area contributed by atoms with Crippen molar-refractivity contribution in [2.24, 2.45) is 5.73 Å². The van der Waals surface area contributed by atoms with E-state index in [9.17, 15) is 0 Å². The zero-order valence-electron chi connectivity index (χ0n) is 10.8. The lowest BCUT2D eigenvalue weighted by molar-refractivity contribution is 0.109. The quantitative estimate of drug-likeness (QED) is 0.637. The predicted octanol–water partition coefficient (Wildman–Crippen LogP) is 1.21. The van der Waals surface area contributed by atoms with Crippen molar-refractivity contribution >= 4 is 0 Å². The maximum Gasteiger partial charge on any atom is 0.0591 e. The standard InChI is InChI=1S/C6H12N2.C4H9NO.C2H6/c1-3-6(2)8-5-4-7;1-3-6-4-2-5-1;1-2/h3-6,8H,1,7H2,2H3;5H,1-4H2;1-2H3/b5-4-;;. The summed E-state index contributed by atoms with van der Waals surface area (Å²) in [5, 5.41) is 6.12. The summed E-state index contributed by atoms with van der Waals surface area (Å²) in [6.07, 6.45) is 4.95. The van der Waals surface area contributed by atoms with Crippen LogP contribution >= 0.6 is 0 Å². The first-order valence-electron chi connectivity index (χ1n) is 5.85. The van der Waals surface area contributed by atoms with Crippen LogP contribution in [0.3, 0.4) is 0 Å². The molecule has 0 saturated carbocycles. The van der Waals surface area contributed by atoms with Crippen LogP contribution in [0.15, 0.2) is 25.1 Å². The molecule has 1 heterocycles. The van der Waals surface area contributed by atoms with Gasteiger partial charge in [0.2, 0.25) is 0 Å². The lowest BCUT2D eigenvalue weighted by Crippen LogP contribution is -2.30. The summed E-state index contributed by atoms with van der Waals surface area (Å²) in [7, 11) is 0. The van der Waals surface area contributed by atoms with Gasteiger partial charge < -0.3 is 21.1 Å². The second-order valence-electron chi connectivity index (χ2n) is 2.91. The Kier molecular flexibility index (Phi) is 17.9. The van der Waals surface area contributed by atoms with Gasteiger partial charge in [0.1, 0.15) is 0 Å². The maximum absolute atomic E-state index is 5.05. The molecule has 1 rings (SSSR count). The first-order chi connectivity index (χ1) is 7.81. The van der Waals surface area contributed by atoms with Crippen molar-refractivity contribution in [1.29, 1.82) is 0 Å². The summed E-state index contributed by atoms with van der Waals surface area (Å²) in [4.78, 5) is 0. The molecule has 1 aliphatic heterocycles. The van der Waals surface area contributed by atoms with Crippen LogP contribution in [0.25, 0.3) is 0 Å². The van der Waals surface area contributed by atoms with E-state index in [4.69, 9.17) is 10.5 Å². The molecule has 4 heteroatoms. The van der Waals surface area contributed by atoms with Crippen LogP contribution in [-0.2, 0) is 4.74 Å². The van der Waals surface area contributed by atoms with Crippen LogP contribution in [0, 0.1) is 0 Å². The van der Waals surface area contributed by atoms with Gasteiger partial charge in [-0.25, -0.2) is 0 Å². The zero-order chi connectivity index (χ0) is 12.6. The molecule has 1 fully saturated rings. The van der Waals surface area contributed by atoms with Crippen molar-refractivity contribution in [3.05, 3.63) is 25.1 Å². The first-order valence-corrected chi connectivity index (χ1v) is 5.85. The van der Waals surface area contributed by atoms with E-state index in [1.807, 2.05) is 20.8 Å². The van der Waals surface area contributed by atoms with Gasteiger partial charge in [0.05, 0.1) is 13.2 Å². The van der Waals surface area contributed by atoms with Crippen molar-refractivity contribution in [1.82, 2.24) is 10.6 Å². The van der Waals surface area contributed by atoms with Crippen molar-refractivity contribution in [2.45, 2.75) is 26.8 Å². The van der Waals surface area contributed by atoms with E-state index in [0.717, 1.165) is 26.3 Å². The Balaban J connectivity index is 0. The molecule has 0 bridgehead atoms. The molecule has 4 N–H and O–H groups in total. The fraction of sp³-hybridized carbons (Fsp3) is 0.667. The highest BCUT2D eigenvalue weighted by Crippen LogP contribution is 1.78. The van der Waals surface area contributed by atoms with E-state index < -0.39 is 0 Å². The van der Waals surface area contributed by atoms with E-state index in [-0.39, 0.29) is 0 Å². The fourth-order valence-electron chi connectivity index (χ4n) is 0.791. The molecule has 0 aliphatic carbocycles. The highest BCUT2D eigenvalue weighted by Gasteiger charge is 1.92. The van der Waals surface area contributed by atoms with Gasteiger partial charge in [-0.05, 0) is 6.92 Å². The number of morpholine rings is 1. The molecule has 0 amide bonds. The third-order valence-electron chi connectivity index (χ3n) is 1.66. The minimum Gasteiger partial charge on any atom is -0.403 e. The highest BCUT2D eigenvalue weighted by atomic mass is 16.5. The Morgan fingerprint density at radius 2 is 1.94 bits per heavy atom. The van der Waals surface area contributed by atoms with E-state index in [1.54, 1.807) is 12.3 Å². The Morgan fingerprint density at radius 3 is 2.19 bits per heavy atom. The molecule has 96 valence electrons. The molecule has 1 saturated heterocycles. The molecular weight excluding hydrogens is 202 g/mol. The Labute approximate surface area is 99.9 Å². The molecule has 1 atom stereocenters. The first kappa shape index (κ1) is 17.4. The summed E-state index contributed by atoms with van der Waals surface area (Å²) < 4.78 is 5.01. The van der Waals surface area contributed by atoms with Crippen molar-refractivity contribution in [2.75, 3.05) is 26.3 Å². The van der Waals surface area contributed by atoms with Gasteiger partial charge in [0.15, 0.2) is 0 Å².